The fourth-order valence-electron chi connectivity index (χ4n) is 3.50. The molecule has 0 aromatic heterocycles. The molecule has 2 aromatic rings. The Morgan fingerprint density at radius 2 is 1.68 bits per heavy atom. The number of nitriles is 1. The van der Waals surface area contributed by atoms with Crippen LogP contribution in [-0.4, -0.2) is 50.9 Å². The summed E-state index contributed by atoms with van der Waals surface area (Å²) in [4.78, 5) is 2.34. The highest BCUT2D eigenvalue weighted by Crippen LogP contribution is 2.27. The van der Waals surface area contributed by atoms with E-state index in [9.17, 15) is 13.7 Å². The third-order valence-corrected chi connectivity index (χ3v) is 7.21. The Kier molecular flexibility index (Phi) is 6.04. The van der Waals surface area contributed by atoms with Gasteiger partial charge in [0.05, 0.1) is 18.1 Å². The van der Waals surface area contributed by atoms with E-state index in [1.807, 2.05) is 36.1 Å². The number of sulfonamides is 1. The van der Waals surface area contributed by atoms with Crippen molar-refractivity contribution < 1.29 is 13.2 Å². The Morgan fingerprint density at radius 3 is 2.21 bits per heavy atom. The second-order valence-corrected chi connectivity index (χ2v) is 8.92. The molecular weight excluding hydrogens is 374 g/mol. The first-order valence-electron chi connectivity index (χ1n) is 9.22. The van der Waals surface area contributed by atoms with Gasteiger partial charge >= 0.3 is 0 Å². The maximum absolute atomic E-state index is 13.1. The molecule has 0 amide bonds. The molecule has 3 rings (SSSR count). The monoisotopic (exact) mass is 399 g/mol. The number of benzene rings is 2. The Balaban J connectivity index is 1.74. The summed E-state index contributed by atoms with van der Waals surface area (Å²) in [5.41, 5.74) is 2.75. The summed E-state index contributed by atoms with van der Waals surface area (Å²) >= 11 is 0. The fraction of sp³-hybridized carbons (Fsp3) is 0.381. The molecule has 7 heteroatoms. The van der Waals surface area contributed by atoms with Crippen LogP contribution in [0.4, 0.5) is 0 Å². The van der Waals surface area contributed by atoms with Crippen LogP contribution in [0.1, 0.15) is 22.7 Å². The largest absolute Gasteiger partial charge is 0.497 e. The summed E-state index contributed by atoms with van der Waals surface area (Å²) in [6.07, 6.45) is 0. The first kappa shape index (κ1) is 20.3. The molecular formula is C21H25N3O3S. The van der Waals surface area contributed by atoms with Crippen LogP contribution in [0.25, 0.3) is 0 Å². The molecule has 0 saturated carbocycles. The zero-order valence-electron chi connectivity index (χ0n) is 16.4. The predicted molar refractivity (Wildman–Crippen MR) is 108 cm³/mol. The van der Waals surface area contributed by atoms with Gasteiger partial charge in [-0.1, -0.05) is 29.8 Å². The lowest BCUT2D eigenvalue weighted by Gasteiger charge is -2.36. The molecule has 1 unspecified atom stereocenters. The average Bonchev–Trinajstić information content (AvgIpc) is 2.70. The van der Waals surface area contributed by atoms with Crippen molar-refractivity contribution >= 4 is 10.0 Å². The highest BCUT2D eigenvalue weighted by atomic mass is 32.2. The molecule has 1 atom stereocenters. The van der Waals surface area contributed by atoms with Gasteiger partial charge in [-0.15, -0.1) is 0 Å². The molecule has 1 fully saturated rings. The molecule has 1 aliphatic rings. The van der Waals surface area contributed by atoms with Gasteiger partial charge < -0.3 is 4.74 Å². The van der Waals surface area contributed by atoms with Gasteiger partial charge in [0.2, 0.25) is 10.0 Å². The lowest BCUT2D eigenvalue weighted by atomic mass is 10.0. The zero-order valence-corrected chi connectivity index (χ0v) is 17.2. The Labute approximate surface area is 167 Å². The molecule has 2 aromatic carbocycles. The van der Waals surface area contributed by atoms with Crippen molar-refractivity contribution in [3.63, 3.8) is 0 Å². The van der Waals surface area contributed by atoms with Gasteiger partial charge in [0.15, 0.2) is 0 Å². The van der Waals surface area contributed by atoms with Crippen molar-refractivity contribution in [2.75, 3.05) is 33.3 Å². The minimum Gasteiger partial charge on any atom is -0.497 e. The van der Waals surface area contributed by atoms with Crippen molar-refractivity contribution in [3.8, 4) is 11.8 Å². The van der Waals surface area contributed by atoms with E-state index in [2.05, 4.69) is 6.07 Å². The zero-order chi connectivity index (χ0) is 20.3. The highest BCUT2D eigenvalue weighted by Gasteiger charge is 2.32. The normalized spacial score (nSPS) is 17.1. The molecule has 1 aliphatic heterocycles. The van der Waals surface area contributed by atoms with E-state index in [1.165, 1.54) is 4.31 Å². The van der Waals surface area contributed by atoms with Gasteiger partial charge in [0.1, 0.15) is 11.8 Å². The van der Waals surface area contributed by atoms with Crippen molar-refractivity contribution in [1.82, 2.24) is 9.21 Å². The average molecular weight is 400 g/mol. The van der Waals surface area contributed by atoms with Gasteiger partial charge in [-0.3, -0.25) is 4.90 Å². The lowest BCUT2D eigenvalue weighted by Crippen LogP contribution is -2.49. The van der Waals surface area contributed by atoms with Crippen LogP contribution in [0.2, 0.25) is 0 Å². The van der Waals surface area contributed by atoms with Crippen LogP contribution in [0.3, 0.4) is 0 Å². The number of methoxy groups -OCH3 is 1. The van der Waals surface area contributed by atoms with Crippen LogP contribution < -0.4 is 4.74 Å². The second kappa shape index (κ2) is 8.31. The SMILES string of the molecule is COc1ccc(S(=O)(=O)N2CCN(C(C#N)c3ccc(C)cc3)CC2)c(C)c1. The molecule has 28 heavy (non-hydrogen) atoms. The first-order chi connectivity index (χ1) is 13.4. The molecule has 1 saturated heterocycles. The first-order valence-corrected chi connectivity index (χ1v) is 10.7. The second-order valence-electron chi connectivity index (χ2n) is 7.01. The Morgan fingerprint density at radius 1 is 1.04 bits per heavy atom. The summed E-state index contributed by atoms with van der Waals surface area (Å²) in [5, 5.41) is 9.66. The third-order valence-electron chi connectivity index (χ3n) is 5.15. The number of nitrogens with zero attached hydrogens (tertiary/aromatic N) is 3. The summed E-state index contributed by atoms with van der Waals surface area (Å²) in [6.45, 7) is 5.53. The smallest absolute Gasteiger partial charge is 0.243 e. The van der Waals surface area contributed by atoms with Crippen LogP contribution in [0, 0.1) is 25.2 Å². The van der Waals surface area contributed by atoms with Crippen molar-refractivity contribution in [2.45, 2.75) is 24.8 Å². The summed E-state index contributed by atoms with van der Waals surface area (Å²) in [7, 11) is -2.02. The van der Waals surface area contributed by atoms with Gasteiger partial charge in [0.25, 0.3) is 0 Å². The quantitative estimate of drug-likeness (QED) is 0.773. The van der Waals surface area contributed by atoms with Crippen LogP contribution in [-0.2, 0) is 10.0 Å². The van der Waals surface area contributed by atoms with E-state index in [-0.39, 0.29) is 6.04 Å². The fourth-order valence-corrected chi connectivity index (χ4v) is 5.12. The molecule has 0 spiro atoms. The van der Waals surface area contributed by atoms with E-state index >= 15 is 0 Å². The van der Waals surface area contributed by atoms with Crippen molar-refractivity contribution in [1.29, 1.82) is 5.26 Å². The van der Waals surface area contributed by atoms with Crippen molar-refractivity contribution in [3.05, 3.63) is 59.2 Å². The minimum atomic E-state index is -3.58. The highest BCUT2D eigenvalue weighted by molar-refractivity contribution is 7.89. The van der Waals surface area contributed by atoms with Gasteiger partial charge in [-0.05, 0) is 43.2 Å². The topological polar surface area (TPSA) is 73.6 Å². The van der Waals surface area contributed by atoms with E-state index < -0.39 is 10.0 Å². The minimum absolute atomic E-state index is 0.303. The summed E-state index contributed by atoms with van der Waals surface area (Å²) < 4.78 is 32.8. The number of hydrogen-bond donors (Lipinski definition) is 0. The van der Waals surface area contributed by atoms with E-state index in [4.69, 9.17) is 4.74 Å². The number of ether oxygens (including phenoxy) is 1. The number of aryl methyl sites for hydroxylation is 2. The molecule has 0 N–H and O–H groups in total. The van der Waals surface area contributed by atoms with Gasteiger partial charge in [-0.25, -0.2) is 8.42 Å². The standard InChI is InChI=1S/C21H25N3O3S/c1-16-4-6-18(7-5-16)20(15-22)23-10-12-24(13-11-23)28(25,26)21-9-8-19(27-3)14-17(21)2/h4-9,14,20H,10-13H2,1-3H3. The van der Waals surface area contributed by atoms with E-state index in [1.54, 1.807) is 32.2 Å². The van der Waals surface area contributed by atoms with Crippen LogP contribution in [0.5, 0.6) is 5.75 Å². The molecule has 1 heterocycles. The van der Waals surface area contributed by atoms with E-state index in [0.717, 1.165) is 11.1 Å². The van der Waals surface area contributed by atoms with Gasteiger partial charge in [0, 0.05) is 26.2 Å². The molecule has 0 aliphatic carbocycles. The molecule has 0 bridgehead atoms. The summed E-state index contributed by atoms with van der Waals surface area (Å²) in [5.74, 6) is 0.635. The summed E-state index contributed by atoms with van der Waals surface area (Å²) in [6, 6.07) is 14.9. The Bertz CT molecular complexity index is 973. The van der Waals surface area contributed by atoms with Crippen LogP contribution in [0.15, 0.2) is 47.4 Å². The molecule has 6 nitrogen and oxygen atoms in total. The van der Waals surface area contributed by atoms with Crippen LogP contribution >= 0.6 is 0 Å². The number of rotatable bonds is 5. The third kappa shape index (κ3) is 4.04. The predicted octanol–water partition coefficient (Wildman–Crippen LogP) is 2.88. The Hall–Kier alpha value is -2.40. The maximum atomic E-state index is 13.1. The lowest BCUT2D eigenvalue weighted by molar-refractivity contribution is 0.162. The number of hydrogen-bond acceptors (Lipinski definition) is 5. The van der Waals surface area contributed by atoms with Crippen molar-refractivity contribution in [2.24, 2.45) is 0 Å². The molecule has 148 valence electrons. The number of piperazine rings is 1. The van der Waals surface area contributed by atoms with Gasteiger partial charge in [-0.2, -0.15) is 9.57 Å². The van der Waals surface area contributed by atoms with E-state index in [0.29, 0.717) is 42.4 Å². The maximum Gasteiger partial charge on any atom is 0.243 e. The molecule has 0 radical (unpaired) electrons.